The Morgan fingerprint density at radius 2 is 2.00 bits per heavy atom. The van der Waals surface area contributed by atoms with Crippen LogP contribution in [0.5, 0.6) is 5.75 Å². The van der Waals surface area contributed by atoms with E-state index in [9.17, 15) is 14.4 Å². The Balaban J connectivity index is 1.57. The van der Waals surface area contributed by atoms with E-state index >= 15 is 0 Å². The molecule has 2 amide bonds. The molecule has 1 aliphatic heterocycles. The van der Waals surface area contributed by atoms with Gasteiger partial charge in [0.1, 0.15) is 22.7 Å². The van der Waals surface area contributed by atoms with Crippen LogP contribution < -0.4 is 15.6 Å². The fourth-order valence-corrected chi connectivity index (χ4v) is 4.99. The number of hydrogen-bond donors (Lipinski definition) is 1. The highest BCUT2D eigenvalue weighted by atomic mass is 16.6. The van der Waals surface area contributed by atoms with Gasteiger partial charge in [0, 0.05) is 43.7 Å². The van der Waals surface area contributed by atoms with Gasteiger partial charge in [-0.3, -0.25) is 14.4 Å². The lowest BCUT2D eigenvalue weighted by molar-refractivity contribution is -0.133. The minimum atomic E-state index is -0.379. The van der Waals surface area contributed by atoms with Crippen molar-refractivity contribution in [3.05, 3.63) is 39.1 Å². The third-order valence-electron chi connectivity index (χ3n) is 7.41. The number of nitrogens with one attached hydrogen (secondary N) is 1. The van der Waals surface area contributed by atoms with E-state index in [1.54, 1.807) is 11.5 Å². The maximum Gasteiger partial charge on any atom is 0.257 e. The minimum absolute atomic E-state index is 0.0575. The van der Waals surface area contributed by atoms with Crippen LogP contribution >= 0.6 is 0 Å². The highest BCUT2D eigenvalue weighted by molar-refractivity contribution is 5.98. The molecule has 0 aromatic carbocycles. The highest BCUT2D eigenvalue weighted by Crippen LogP contribution is 2.58. The number of carbonyl (C=O) groups excluding carboxylic acids is 2. The topological polar surface area (TPSA) is 120 Å². The van der Waals surface area contributed by atoms with Gasteiger partial charge in [-0.2, -0.15) is 0 Å². The van der Waals surface area contributed by atoms with E-state index in [0.717, 1.165) is 19.3 Å². The molecular weight excluding hydrogens is 426 g/mol. The van der Waals surface area contributed by atoms with Gasteiger partial charge in [-0.05, 0) is 31.6 Å². The number of carbonyl (C=O) groups is 2. The number of rotatable bonds is 7. The maximum atomic E-state index is 13.2. The Bertz CT molecular complexity index is 1120. The molecule has 178 valence electrons. The maximum absolute atomic E-state index is 13.2. The van der Waals surface area contributed by atoms with Gasteiger partial charge in [0.25, 0.3) is 11.5 Å². The Morgan fingerprint density at radius 1 is 1.24 bits per heavy atom. The van der Waals surface area contributed by atoms with Crippen LogP contribution in [0, 0.1) is 18.3 Å². The first kappa shape index (κ1) is 23.0. The lowest BCUT2D eigenvalue weighted by Gasteiger charge is -2.22. The first-order valence-electron chi connectivity index (χ1n) is 11.5. The van der Waals surface area contributed by atoms with E-state index in [1.165, 1.54) is 13.2 Å². The van der Waals surface area contributed by atoms with Crippen molar-refractivity contribution in [1.82, 2.24) is 25.1 Å². The fourth-order valence-electron chi connectivity index (χ4n) is 4.99. The third kappa shape index (κ3) is 4.14. The predicted octanol–water partition coefficient (Wildman–Crippen LogP) is 1.69. The van der Waals surface area contributed by atoms with Crippen molar-refractivity contribution >= 4 is 11.8 Å². The standard InChI is InChI=1S/C23H31N5O5/c1-5-23(6-2)12-15(23)22(31)27-8-7-17-20(18(32-4)11-19(29)28(17)10-9-27)21(30)24-13-16-14(3)25-33-26-16/h11,15H,5-10,12-13H2,1-4H3,(H,24,30). The first-order valence-corrected chi connectivity index (χ1v) is 11.5. The Morgan fingerprint density at radius 3 is 2.61 bits per heavy atom. The second-order valence-corrected chi connectivity index (χ2v) is 8.90. The molecule has 0 bridgehead atoms. The molecule has 3 heterocycles. The largest absolute Gasteiger partial charge is 0.496 e. The van der Waals surface area contributed by atoms with Crippen LogP contribution in [-0.2, 0) is 24.3 Å². The summed E-state index contributed by atoms with van der Waals surface area (Å²) in [7, 11) is 1.43. The zero-order valence-corrected chi connectivity index (χ0v) is 19.6. The molecule has 1 atom stereocenters. The number of nitrogens with zero attached hydrogens (tertiary/aromatic N) is 4. The second-order valence-electron chi connectivity index (χ2n) is 8.90. The number of methoxy groups -OCH3 is 1. The molecule has 4 rings (SSSR count). The summed E-state index contributed by atoms with van der Waals surface area (Å²) >= 11 is 0. The average molecular weight is 458 g/mol. The number of aryl methyl sites for hydroxylation is 1. The molecule has 10 heteroatoms. The van der Waals surface area contributed by atoms with Crippen molar-refractivity contribution in [2.45, 2.75) is 59.5 Å². The van der Waals surface area contributed by atoms with Crippen molar-refractivity contribution in [1.29, 1.82) is 0 Å². The molecule has 1 fully saturated rings. The zero-order chi connectivity index (χ0) is 23.8. The smallest absolute Gasteiger partial charge is 0.257 e. The molecule has 1 unspecified atom stereocenters. The van der Waals surface area contributed by atoms with Crippen LogP contribution in [0.1, 0.15) is 60.5 Å². The number of hydrogen-bond acceptors (Lipinski definition) is 7. The quantitative estimate of drug-likeness (QED) is 0.672. The van der Waals surface area contributed by atoms with E-state index < -0.39 is 0 Å². The Kier molecular flexibility index (Phi) is 6.27. The van der Waals surface area contributed by atoms with Crippen LogP contribution in [0.15, 0.2) is 15.5 Å². The van der Waals surface area contributed by atoms with E-state index in [0.29, 0.717) is 48.7 Å². The van der Waals surface area contributed by atoms with Gasteiger partial charge in [0.15, 0.2) is 0 Å². The molecule has 2 aromatic rings. The summed E-state index contributed by atoms with van der Waals surface area (Å²) in [6.45, 7) is 7.41. The Labute approximate surface area is 192 Å². The molecule has 2 aromatic heterocycles. The molecule has 0 saturated heterocycles. The Hall–Kier alpha value is -3.17. The summed E-state index contributed by atoms with van der Waals surface area (Å²) in [5.41, 5.74) is 1.88. The SMILES string of the molecule is CCC1(CC)CC1C(=O)N1CCc2c(C(=O)NCc3nonc3C)c(OC)cc(=O)n2CC1. The predicted molar refractivity (Wildman–Crippen MR) is 119 cm³/mol. The van der Waals surface area contributed by atoms with Crippen LogP contribution in [0.4, 0.5) is 0 Å². The van der Waals surface area contributed by atoms with E-state index in [2.05, 4.69) is 34.1 Å². The number of ether oxygens (including phenoxy) is 1. The molecule has 0 spiro atoms. The lowest BCUT2D eigenvalue weighted by atomic mass is 9.96. The summed E-state index contributed by atoms with van der Waals surface area (Å²) in [5.74, 6) is 0.0567. The summed E-state index contributed by atoms with van der Waals surface area (Å²) in [6, 6.07) is 1.33. The van der Waals surface area contributed by atoms with Crippen LogP contribution in [0.3, 0.4) is 0 Å². The summed E-state index contributed by atoms with van der Waals surface area (Å²) in [5, 5.41) is 10.3. The second kappa shape index (κ2) is 8.99. The summed E-state index contributed by atoms with van der Waals surface area (Å²) in [6.07, 6.45) is 3.31. The lowest BCUT2D eigenvalue weighted by Crippen LogP contribution is -2.36. The van der Waals surface area contributed by atoms with Crippen molar-refractivity contribution in [3.8, 4) is 5.75 Å². The molecule has 10 nitrogen and oxygen atoms in total. The van der Waals surface area contributed by atoms with Crippen molar-refractivity contribution in [3.63, 3.8) is 0 Å². The summed E-state index contributed by atoms with van der Waals surface area (Å²) < 4.78 is 11.7. The number of aromatic nitrogens is 3. The molecule has 33 heavy (non-hydrogen) atoms. The fraction of sp³-hybridized carbons (Fsp3) is 0.609. The van der Waals surface area contributed by atoms with Crippen LogP contribution in [0.2, 0.25) is 0 Å². The van der Waals surface area contributed by atoms with Gasteiger partial charge >= 0.3 is 0 Å². The third-order valence-corrected chi connectivity index (χ3v) is 7.41. The van der Waals surface area contributed by atoms with Crippen molar-refractivity contribution < 1.29 is 19.0 Å². The highest BCUT2D eigenvalue weighted by Gasteiger charge is 2.56. The monoisotopic (exact) mass is 457 g/mol. The van der Waals surface area contributed by atoms with E-state index in [-0.39, 0.29) is 41.0 Å². The molecule has 1 saturated carbocycles. The van der Waals surface area contributed by atoms with E-state index in [1.807, 2.05) is 4.90 Å². The van der Waals surface area contributed by atoms with Crippen molar-refractivity contribution in [2.75, 3.05) is 20.2 Å². The van der Waals surface area contributed by atoms with Gasteiger partial charge in [-0.15, -0.1) is 0 Å². The number of fused-ring (bicyclic) bond motifs is 1. The van der Waals surface area contributed by atoms with Gasteiger partial charge < -0.3 is 19.5 Å². The molecule has 1 aliphatic carbocycles. The van der Waals surface area contributed by atoms with Crippen LogP contribution in [0.25, 0.3) is 0 Å². The van der Waals surface area contributed by atoms with Gasteiger partial charge in [0.2, 0.25) is 5.91 Å². The van der Waals surface area contributed by atoms with Crippen LogP contribution in [-0.4, -0.2) is 51.8 Å². The number of amides is 2. The molecular formula is C23H31N5O5. The molecule has 2 aliphatic rings. The van der Waals surface area contributed by atoms with Gasteiger partial charge in [-0.1, -0.05) is 24.2 Å². The van der Waals surface area contributed by atoms with Gasteiger partial charge in [0.05, 0.1) is 13.7 Å². The normalized spacial score (nSPS) is 18.9. The average Bonchev–Trinajstić information content (AvgIpc) is 3.49. The van der Waals surface area contributed by atoms with E-state index in [4.69, 9.17) is 4.74 Å². The molecule has 1 N–H and O–H groups in total. The minimum Gasteiger partial charge on any atom is -0.496 e. The summed E-state index contributed by atoms with van der Waals surface area (Å²) in [4.78, 5) is 41.0. The van der Waals surface area contributed by atoms with Gasteiger partial charge in [-0.25, -0.2) is 4.63 Å². The zero-order valence-electron chi connectivity index (χ0n) is 19.6. The molecule has 0 radical (unpaired) electrons. The first-order chi connectivity index (χ1) is 15.8. The van der Waals surface area contributed by atoms with Crippen molar-refractivity contribution in [2.24, 2.45) is 11.3 Å². The number of pyridine rings is 1.